The van der Waals surface area contributed by atoms with E-state index in [2.05, 4.69) is 0 Å². The second-order valence-electron chi connectivity index (χ2n) is 6.37. The van der Waals surface area contributed by atoms with Crippen molar-refractivity contribution < 1.29 is 19.1 Å². The van der Waals surface area contributed by atoms with E-state index in [1.807, 2.05) is 0 Å². The van der Waals surface area contributed by atoms with E-state index in [1.54, 1.807) is 41.8 Å². The van der Waals surface area contributed by atoms with E-state index >= 15 is 0 Å². The number of imide groups is 1. The van der Waals surface area contributed by atoms with Crippen LogP contribution in [-0.2, 0) is 9.59 Å². The molecular weight excluding hydrogens is 338 g/mol. The Morgan fingerprint density at radius 2 is 1.76 bits per heavy atom. The minimum Gasteiger partial charge on any atom is -0.422 e. The van der Waals surface area contributed by atoms with E-state index in [4.69, 9.17) is 4.74 Å². The van der Waals surface area contributed by atoms with Crippen molar-refractivity contribution in [1.82, 2.24) is 0 Å². The third kappa shape index (κ3) is 2.87. The lowest BCUT2D eigenvalue weighted by atomic mass is 9.81. The van der Waals surface area contributed by atoms with Crippen molar-refractivity contribution in [2.24, 2.45) is 11.8 Å². The van der Waals surface area contributed by atoms with Gasteiger partial charge < -0.3 is 4.74 Å². The summed E-state index contributed by atoms with van der Waals surface area (Å²) >= 11 is 1.30. The summed E-state index contributed by atoms with van der Waals surface area (Å²) in [6.07, 6.45) is 3.54. The molecule has 1 aliphatic carbocycles. The maximum absolute atomic E-state index is 12.7. The number of nitrogens with zero attached hydrogens (tertiary/aromatic N) is 1. The molecule has 0 radical (unpaired) electrons. The first-order valence-corrected chi connectivity index (χ1v) is 9.26. The van der Waals surface area contributed by atoms with Gasteiger partial charge in [-0.3, -0.25) is 9.59 Å². The molecule has 2 unspecified atom stereocenters. The first kappa shape index (κ1) is 16.0. The Kier molecular flexibility index (Phi) is 4.13. The molecule has 1 aromatic heterocycles. The van der Waals surface area contributed by atoms with Crippen molar-refractivity contribution in [1.29, 1.82) is 0 Å². The quantitative estimate of drug-likeness (QED) is 0.479. The smallest absolute Gasteiger partial charge is 0.353 e. The molecule has 2 fully saturated rings. The summed E-state index contributed by atoms with van der Waals surface area (Å²) in [6.45, 7) is 0. The van der Waals surface area contributed by atoms with Gasteiger partial charge in [0.15, 0.2) is 0 Å². The average Bonchev–Trinajstić information content (AvgIpc) is 3.24. The van der Waals surface area contributed by atoms with Gasteiger partial charge in [-0.15, -0.1) is 11.3 Å². The maximum Gasteiger partial charge on any atom is 0.353 e. The fourth-order valence-corrected chi connectivity index (χ4v) is 4.25. The highest BCUT2D eigenvalue weighted by molar-refractivity contribution is 7.12. The van der Waals surface area contributed by atoms with Gasteiger partial charge in [0.25, 0.3) is 0 Å². The van der Waals surface area contributed by atoms with Crippen LogP contribution in [0.2, 0.25) is 0 Å². The molecule has 25 heavy (non-hydrogen) atoms. The van der Waals surface area contributed by atoms with Crippen molar-refractivity contribution in [3.05, 3.63) is 46.7 Å². The van der Waals surface area contributed by atoms with Crippen LogP contribution in [-0.4, -0.2) is 17.8 Å². The van der Waals surface area contributed by atoms with E-state index in [9.17, 15) is 14.4 Å². The van der Waals surface area contributed by atoms with Crippen LogP contribution >= 0.6 is 11.3 Å². The molecule has 2 aliphatic rings. The Hall–Kier alpha value is -2.47. The SMILES string of the molecule is O=C(Oc1cccc(N2C(=O)C3CCCCC3C2=O)c1)c1cccs1. The molecule has 1 aromatic carbocycles. The molecule has 2 aromatic rings. The zero-order valence-corrected chi connectivity index (χ0v) is 14.3. The van der Waals surface area contributed by atoms with Gasteiger partial charge in [-0.1, -0.05) is 25.0 Å². The highest BCUT2D eigenvalue weighted by atomic mass is 32.1. The Labute approximate surface area is 149 Å². The first-order chi connectivity index (χ1) is 12.1. The summed E-state index contributed by atoms with van der Waals surface area (Å²) < 4.78 is 5.37. The Morgan fingerprint density at radius 3 is 2.40 bits per heavy atom. The van der Waals surface area contributed by atoms with E-state index in [0.29, 0.717) is 16.3 Å². The summed E-state index contributed by atoms with van der Waals surface area (Å²) in [5, 5.41) is 1.80. The molecule has 2 heterocycles. The Balaban J connectivity index is 1.58. The van der Waals surface area contributed by atoms with Crippen molar-refractivity contribution >= 4 is 34.8 Å². The van der Waals surface area contributed by atoms with Crippen LogP contribution in [0, 0.1) is 11.8 Å². The fraction of sp³-hybridized carbons (Fsp3) is 0.316. The number of anilines is 1. The molecule has 1 saturated carbocycles. The third-order valence-electron chi connectivity index (χ3n) is 4.85. The number of rotatable bonds is 3. The molecule has 1 aliphatic heterocycles. The van der Waals surface area contributed by atoms with Gasteiger partial charge in [0.1, 0.15) is 10.6 Å². The number of esters is 1. The summed E-state index contributed by atoms with van der Waals surface area (Å²) in [6, 6.07) is 10.1. The predicted molar refractivity (Wildman–Crippen MR) is 93.7 cm³/mol. The largest absolute Gasteiger partial charge is 0.422 e. The van der Waals surface area contributed by atoms with Crippen molar-refractivity contribution in [2.75, 3.05) is 4.90 Å². The van der Waals surface area contributed by atoms with E-state index in [1.165, 1.54) is 16.2 Å². The van der Waals surface area contributed by atoms with Crippen LogP contribution < -0.4 is 9.64 Å². The minimum atomic E-state index is -0.445. The minimum absolute atomic E-state index is 0.128. The second kappa shape index (κ2) is 6.44. The van der Waals surface area contributed by atoms with Crippen LogP contribution in [0.15, 0.2) is 41.8 Å². The number of amides is 2. The normalized spacial score (nSPS) is 22.8. The lowest BCUT2D eigenvalue weighted by Gasteiger charge is -2.19. The number of carbonyl (C=O) groups is 3. The lowest BCUT2D eigenvalue weighted by molar-refractivity contribution is -0.122. The summed E-state index contributed by atoms with van der Waals surface area (Å²) in [5.41, 5.74) is 0.473. The fourth-order valence-electron chi connectivity index (χ4n) is 3.65. The zero-order valence-electron chi connectivity index (χ0n) is 13.5. The first-order valence-electron chi connectivity index (χ1n) is 8.39. The number of benzene rings is 1. The van der Waals surface area contributed by atoms with Crippen LogP contribution in [0.4, 0.5) is 5.69 Å². The van der Waals surface area contributed by atoms with Crippen LogP contribution in [0.3, 0.4) is 0 Å². The summed E-state index contributed by atoms with van der Waals surface area (Å²) in [4.78, 5) is 39.2. The van der Waals surface area contributed by atoms with E-state index in [0.717, 1.165) is 25.7 Å². The van der Waals surface area contributed by atoms with Crippen LogP contribution in [0.5, 0.6) is 5.75 Å². The summed E-state index contributed by atoms with van der Waals surface area (Å²) in [7, 11) is 0. The topological polar surface area (TPSA) is 63.7 Å². The van der Waals surface area contributed by atoms with Crippen molar-refractivity contribution in [3.63, 3.8) is 0 Å². The van der Waals surface area contributed by atoms with Gasteiger partial charge in [-0.25, -0.2) is 9.69 Å². The van der Waals surface area contributed by atoms with Gasteiger partial charge in [0.2, 0.25) is 11.8 Å². The van der Waals surface area contributed by atoms with Crippen molar-refractivity contribution in [3.8, 4) is 5.75 Å². The van der Waals surface area contributed by atoms with Crippen LogP contribution in [0.1, 0.15) is 35.4 Å². The standard InChI is InChI=1S/C19H17NO4S/c21-17-14-7-1-2-8-15(14)18(22)20(17)12-5-3-6-13(11-12)24-19(23)16-9-4-10-25-16/h3-6,9-11,14-15H,1-2,7-8H2. The summed E-state index contributed by atoms with van der Waals surface area (Å²) in [5.74, 6) is -0.767. The predicted octanol–water partition coefficient (Wildman–Crippen LogP) is 3.65. The van der Waals surface area contributed by atoms with Crippen molar-refractivity contribution in [2.45, 2.75) is 25.7 Å². The van der Waals surface area contributed by atoms with E-state index in [-0.39, 0.29) is 23.7 Å². The molecule has 2 amide bonds. The van der Waals surface area contributed by atoms with Gasteiger partial charge in [0, 0.05) is 6.07 Å². The molecule has 0 bridgehead atoms. The number of thiophene rings is 1. The number of hydrogen-bond donors (Lipinski definition) is 0. The van der Waals surface area contributed by atoms with Gasteiger partial charge in [0.05, 0.1) is 17.5 Å². The number of carbonyl (C=O) groups excluding carboxylic acids is 3. The molecule has 1 saturated heterocycles. The Bertz CT molecular complexity index is 806. The second-order valence-corrected chi connectivity index (χ2v) is 7.32. The molecular formula is C19H17NO4S. The maximum atomic E-state index is 12.7. The van der Waals surface area contributed by atoms with Gasteiger partial charge >= 0.3 is 5.97 Å². The molecule has 2 atom stereocenters. The molecule has 4 rings (SSSR count). The highest BCUT2D eigenvalue weighted by Gasteiger charge is 2.48. The molecule has 6 heteroatoms. The monoisotopic (exact) mass is 355 g/mol. The highest BCUT2D eigenvalue weighted by Crippen LogP contribution is 2.40. The zero-order chi connectivity index (χ0) is 17.4. The number of ether oxygens (including phenoxy) is 1. The molecule has 0 spiro atoms. The molecule has 5 nitrogen and oxygen atoms in total. The number of hydrogen-bond acceptors (Lipinski definition) is 5. The third-order valence-corrected chi connectivity index (χ3v) is 5.70. The number of fused-ring (bicyclic) bond motifs is 1. The van der Waals surface area contributed by atoms with Crippen LogP contribution in [0.25, 0.3) is 0 Å². The lowest BCUT2D eigenvalue weighted by Crippen LogP contribution is -2.30. The van der Waals surface area contributed by atoms with Gasteiger partial charge in [-0.05, 0) is 36.4 Å². The average molecular weight is 355 g/mol. The molecule has 128 valence electrons. The van der Waals surface area contributed by atoms with Gasteiger partial charge in [-0.2, -0.15) is 0 Å². The Morgan fingerprint density at radius 1 is 1.04 bits per heavy atom. The van der Waals surface area contributed by atoms with E-state index < -0.39 is 5.97 Å². The molecule has 0 N–H and O–H groups in total.